The molecule has 2 heterocycles. The molecule has 2 aromatic carbocycles. The lowest BCUT2D eigenvalue weighted by Crippen LogP contribution is -2.36. The first-order valence-electron chi connectivity index (χ1n) is 9.37. The van der Waals surface area contributed by atoms with Gasteiger partial charge in [-0.15, -0.1) is 0 Å². The molecule has 1 amide bonds. The molecule has 150 valence electrons. The zero-order valence-electron chi connectivity index (χ0n) is 15.5. The van der Waals surface area contributed by atoms with E-state index in [0.717, 1.165) is 17.3 Å². The number of ketones is 1. The number of hydrogen-bond donors (Lipinski definition) is 1. The van der Waals surface area contributed by atoms with E-state index in [4.69, 9.17) is 16.3 Å². The van der Waals surface area contributed by atoms with Crippen molar-refractivity contribution in [3.8, 4) is 0 Å². The van der Waals surface area contributed by atoms with Gasteiger partial charge in [0, 0.05) is 28.2 Å². The summed E-state index contributed by atoms with van der Waals surface area (Å²) < 4.78 is 6.53. The summed E-state index contributed by atoms with van der Waals surface area (Å²) in [5.41, 5.74) is 1.27. The van der Waals surface area contributed by atoms with Crippen LogP contribution in [0.1, 0.15) is 30.0 Å². The van der Waals surface area contributed by atoms with Gasteiger partial charge in [0.2, 0.25) is 0 Å². The van der Waals surface area contributed by atoms with Crippen molar-refractivity contribution in [2.75, 3.05) is 13.2 Å². The lowest BCUT2D eigenvalue weighted by Gasteiger charge is -2.27. The summed E-state index contributed by atoms with van der Waals surface area (Å²) in [5, 5.41) is 11.5. The van der Waals surface area contributed by atoms with Crippen LogP contribution in [0.5, 0.6) is 0 Å². The number of likely N-dealkylation sites (tertiary alicyclic amines) is 1. The summed E-state index contributed by atoms with van der Waals surface area (Å²) in [6.07, 6.45) is 1.65. The van der Waals surface area contributed by atoms with Gasteiger partial charge in [-0.1, -0.05) is 51.8 Å². The minimum absolute atomic E-state index is 0.0811. The van der Waals surface area contributed by atoms with Crippen molar-refractivity contribution in [1.82, 2.24) is 4.90 Å². The Balaban J connectivity index is 1.81. The van der Waals surface area contributed by atoms with E-state index in [1.54, 1.807) is 48.5 Å². The Morgan fingerprint density at radius 1 is 1.14 bits per heavy atom. The van der Waals surface area contributed by atoms with Gasteiger partial charge in [0.25, 0.3) is 11.7 Å². The molecule has 0 unspecified atom stereocenters. The van der Waals surface area contributed by atoms with Gasteiger partial charge in [-0.05, 0) is 42.7 Å². The molecule has 2 atom stereocenters. The van der Waals surface area contributed by atoms with Crippen molar-refractivity contribution in [3.05, 3.63) is 74.7 Å². The first-order chi connectivity index (χ1) is 14.0. The van der Waals surface area contributed by atoms with E-state index in [0.29, 0.717) is 29.3 Å². The number of benzene rings is 2. The number of nitrogens with zero attached hydrogens (tertiary/aromatic N) is 1. The summed E-state index contributed by atoms with van der Waals surface area (Å²) >= 11 is 9.39. The molecule has 2 aliphatic rings. The average Bonchev–Trinajstić information content (AvgIpc) is 3.31. The molecule has 2 aliphatic heterocycles. The van der Waals surface area contributed by atoms with Crippen LogP contribution in [-0.4, -0.2) is 41.0 Å². The van der Waals surface area contributed by atoms with Crippen LogP contribution < -0.4 is 0 Å². The molecule has 2 fully saturated rings. The Morgan fingerprint density at radius 3 is 2.45 bits per heavy atom. The van der Waals surface area contributed by atoms with E-state index in [2.05, 4.69) is 15.9 Å². The number of halogens is 2. The van der Waals surface area contributed by atoms with E-state index < -0.39 is 17.7 Å². The summed E-state index contributed by atoms with van der Waals surface area (Å²) in [7, 11) is 0. The lowest BCUT2D eigenvalue weighted by atomic mass is 9.95. The highest BCUT2D eigenvalue weighted by Gasteiger charge is 2.47. The van der Waals surface area contributed by atoms with Gasteiger partial charge in [-0.3, -0.25) is 9.59 Å². The van der Waals surface area contributed by atoms with Gasteiger partial charge >= 0.3 is 0 Å². The SMILES string of the molecule is O=C1C(=O)N(C[C@@H]2CCCO2)[C@H](c2ccc(Cl)cc2)C1=C(O)c1ccc(Br)cc1. The van der Waals surface area contributed by atoms with Gasteiger partial charge < -0.3 is 14.7 Å². The molecule has 0 radical (unpaired) electrons. The highest BCUT2D eigenvalue weighted by Crippen LogP contribution is 2.40. The third kappa shape index (κ3) is 3.97. The van der Waals surface area contributed by atoms with Gasteiger partial charge in [0.05, 0.1) is 17.7 Å². The van der Waals surface area contributed by atoms with Crippen LogP contribution in [0, 0.1) is 0 Å². The van der Waals surface area contributed by atoms with Crippen molar-refractivity contribution >= 4 is 45.0 Å². The maximum Gasteiger partial charge on any atom is 0.295 e. The fraction of sp³-hybridized carbons (Fsp3) is 0.273. The maximum absolute atomic E-state index is 12.9. The van der Waals surface area contributed by atoms with E-state index in [9.17, 15) is 14.7 Å². The molecular formula is C22H19BrClNO4. The molecule has 0 aromatic heterocycles. The number of hydrogen-bond acceptors (Lipinski definition) is 4. The molecule has 2 aromatic rings. The Hall–Kier alpha value is -2.15. The zero-order valence-corrected chi connectivity index (χ0v) is 17.8. The molecular weight excluding hydrogens is 458 g/mol. The zero-order chi connectivity index (χ0) is 20.5. The van der Waals surface area contributed by atoms with Crippen molar-refractivity contribution in [2.24, 2.45) is 0 Å². The average molecular weight is 477 g/mol. The molecule has 0 aliphatic carbocycles. The van der Waals surface area contributed by atoms with Crippen LogP contribution in [0.25, 0.3) is 5.76 Å². The Kier molecular flexibility index (Phi) is 5.76. The van der Waals surface area contributed by atoms with Crippen LogP contribution in [0.15, 0.2) is 58.6 Å². The number of aliphatic hydroxyl groups excluding tert-OH is 1. The highest BCUT2D eigenvalue weighted by atomic mass is 79.9. The van der Waals surface area contributed by atoms with Crippen molar-refractivity contribution < 1.29 is 19.4 Å². The number of aliphatic hydroxyl groups is 1. The molecule has 5 nitrogen and oxygen atoms in total. The quantitative estimate of drug-likeness (QED) is 0.394. The molecule has 0 bridgehead atoms. The molecule has 1 N–H and O–H groups in total. The van der Waals surface area contributed by atoms with Gasteiger partial charge in [-0.2, -0.15) is 0 Å². The fourth-order valence-electron chi connectivity index (χ4n) is 3.83. The predicted molar refractivity (Wildman–Crippen MR) is 114 cm³/mol. The summed E-state index contributed by atoms with van der Waals surface area (Å²) in [5.74, 6) is -1.51. The van der Waals surface area contributed by atoms with Crippen LogP contribution >= 0.6 is 27.5 Å². The second-order valence-corrected chi connectivity index (χ2v) is 8.50. The number of rotatable bonds is 4. The van der Waals surface area contributed by atoms with Crippen LogP contribution in [0.2, 0.25) is 5.02 Å². The first kappa shape index (κ1) is 20.1. The summed E-state index contributed by atoms with van der Waals surface area (Å²) in [6, 6.07) is 13.2. The van der Waals surface area contributed by atoms with Crippen molar-refractivity contribution in [2.45, 2.75) is 25.0 Å². The largest absolute Gasteiger partial charge is 0.507 e. The standard InChI is InChI=1S/C22H19BrClNO4/c23-15-7-3-14(4-8-15)20(26)18-19(13-5-9-16(24)10-6-13)25(22(28)21(18)27)12-17-2-1-11-29-17/h3-10,17,19,26H,1-2,11-12H2/t17-,19+/m0/s1. The second kappa shape index (κ2) is 8.30. The first-order valence-corrected chi connectivity index (χ1v) is 10.5. The third-order valence-electron chi connectivity index (χ3n) is 5.27. The summed E-state index contributed by atoms with van der Waals surface area (Å²) in [6.45, 7) is 0.952. The highest BCUT2D eigenvalue weighted by molar-refractivity contribution is 9.10. The van der Waals surface area contributed by atoms with Gasteiger partial charge in [0.1, 0.15) is 5.76 Å². The maximum atomic E-state index is 12.9. The van der Waals surface area contributed by atoms with Crippen LogP contribution in [-0.2, 0) is 14.3 Å². The normalized spacial score (nSPS) is 23.7. The Bertz CT molecular complexity index is 965. The monoisotopic (exact) mass is 475 g/mol. The Labute approximate surface area is 182 Å². The van der Waals surface area contributed by atoms with Gasteiger partial charge in [-0.25, -0.2) is 0 Å². The topological polar surface area (TPSA) is 66.8 Å². The van der Waals surface area contributed by atoms with Crippen LogP contribution in [0.4, 0.5) is 0 Å². The minimum Gasteiger partial charge on any atom is -0.507 e. The van der Waals surface area contributed by atoms with Gasteiger partial charge in [0.15, 0.2) is 0 Å². The fourth-order valence-corrected chi connectivity index (χ4v) is 4.22. The van der Waals surface area contributed by atoms with Crippen molar-refractivity contribution in [3.63, 3.8) is 0 Å². The van der Waals surface area contributed by atoms with E-state index in [1.807, 2.05) is 0 Å². The van der Waals surface area contributed by atoms with Crippen molar-refractivity contribution in [1.29, 1.82) is 0 Å². The lowest BCUT2D eigenvalue weighted by molar-refractivity contribution is -0.140. The molecule has 0 spiro atoms. The second-order valence-electron chi connectivity index (χ2n) is 7.14. The molecule has 7 heteroatoms. The number of carbonyl (C=O) groups excluding carboxylic acids is 2. The number of carbonyl (C=O) groups is 2. The van der Waals surface area contributed by atoms with E-state index in [-0.39, 0.29) is 17.4 Å². The molecule has 4 rings (SSSR count). The Morgan fingerprint density at radius 2 is 1.83 bits per heavy atom. The number of ether oxygens (including phenoxy) is 1. The molecule has 2 saturated heterocycles. The number of Topliss-reactive ketones (excluding diaryl/α,β-unsaturated/α-hetero) is 1. The summed E-state index contributed by atoms with van der Waals surface area (Å²) in [4.78, 5) is 27.3. The third-order valence-corrected chi connectivity index (χ3v) is 6.05. The smallest absolute Gasteiger partial charge is 0.295 e. The predicted octanol–water partition coefficient (Wildman–Crippen LogP) is 4.70. The molecule has 29 heavy (non-hydrogen) atoms. The minimum atomic E-state index is -0.694. The molecule has 0 saturated carbocycles. The number of amides is 1. The van der Waals surface area contributed by atoms with E-state index >= 15 is 0 Å². The van der Waals surface area contributed by atoms with E-state index in [1.165, 1.54) is 4.90 Å². The van der Waals surface area contributed by atoms with Crippen LogP contribution in [0.3, 0.4) is 0 Å².